The number of alkyl halides is 3. The number of carboxylic acid groups (broad SMARTS) is 1. The van der Waals surface area contributed by atoms with Crippen LogP contribution in [-0.2, 0) is 4.79 Å². The minimum atomic E-state index is -5.03. The van der Waals surface area contributed by atoms with Crippen LogP contribution in [0.3, 0.4) is 0 Å². The molecule has 0 aliphatic heterocycles. The Balaban J connectivity index is 3.50. The highest BCUT2D eigenvalue weighted by atomic mass is 19.4. The van der Waals surface area contributed by atoms with Crippen molar-refractivity contribution in [3.63, 3.8) is 0 Å². The summed E-state index contributed by atoms with van der Waals surface area (Å²) in [6.45, 7) is 6.28. The lowest BCUT2D eigenvalue weighted by Gasteiger charge is -2.33. The molecule has 0 saturated heterocycles. The quantitative estimate of drug-likeness (QED) is 0.922. The summed E-state index contributed by atoms with van der Waals surface area (Å²) in [6, 6.07) is 3.20. The van der Waals surface area contributed by atoms with Crippen LogP contribution in [0.5, 0.6) is 0 Å². The van der Waals surface area contributed by atoms with Gasteiger partial charge in [-0.15, -0.1) is 0 Å². The van der Waals surface area contributed by atoms with E-state index >= 15 is 0 Å². The molecule has 0 aliphatic carbocycles. The molecule has 122 valence electrons. The summed E-state index contributed by atoms with van der Waals surface area (Å²) in [5.74, 6) is -3.49. The van der Waals surface area contributed by atoms with Crippen molar-refractivity contribution < 1.29 is 27.9 Å². The molecule has 0 fully saturated rings. The van der Waals surface area contributed by atoms with Crippen molar-refractivity contribution in [1.82, 2.24) is 0 Å². The van der Waals surface area contributed by atoms with Gasteiger partial charge in [-0.25, -0.2) is 4.79 Å². The van der Waals surface area contributed by atoms with E-state index in [1.54, 1.807) is 13.8 Å². The molecule has 0 spiro atoms. The fraction of sp³-hybridized carbons (Fsp3) is 0.467. The number of nitrogens with zero attached hydrogens (tertiary/aromatic N) is 1. The highest BCUT2D eigenvalue weighted by Crippen LogP contribution is 2.31. The minimum absolute atomic E-state index is 0.0385. The third-order valence-electron chi connectivity index (χ3n) is 3.63. The van der Waals surface area contributed by atoms with Gasteiger partial charge in [0, 0.05) is 11.7 Å². The Labute approximate surface area is 126 Å². The lowest BCUT2D eigenvalue weighted by molar-refractivity contribution is -0.171. The Morgan fingerprint density at radius 3 is 2.14 bits per heavy atom. The maximum absolute atomic E-state index is 12.9. The van der Waals surface area contributed by atoms with Crippen molar-refractivity contribution in [2.24, 2.45) is 5.92 Å². The van der Waals surface area contributed by atoms with Crippen LogP contribution >= 0.6 is 0 Å². The van der Waals surface area contributed by atoms with Gasteiger partial charge in [-0.3, -0.25) is 4.79 Å². The number of anilines is 1. The third-order valence-corrected chi connectivity index (χ3v) is 3.63. The summed E-state index contributed by atoms with van der Waals surface area (Å²) in [5, 5.41) is 9.09. The van der Waals surface area contributed by atoms with E-state index in [2.05, 4.69) is 0 Å². The molecule has 0 radical (unpaired) electrons. The van der Waals surface area contributed by atoms with Gasteiger partial charge >= 0.3 is 18.1 Å². The molecule has 4 nitrogen and oxygen atoms in total. The first-order valence-corrected chi connectivity index (χ1v) is 6.71. The molecule has 1 atom stereocenters. The van der Waals surface area contributed by atoms with E-state index in [0.29, 0.717) is 4.90 Å². The lowest BCUT2D eigenvalue weighted by Crippen LogP contribution is -2.48. The standard InChI is InChI=1S/C15H18F3NO3/c1-8(2)10(4)19(14(22)15(16,17)18)12-7-5-6-11(9(12)3)13(20)21/h5-8,10H,1-4H3,(H,20,21). The van der Waals surface area contributed by atoms with Crippen molar-refractivity contribution in [2.75, 3.05) is 4.90 Å². The third kappa shape index (κ3) is 3.58. The first-order chi connectivity index (χ1) is 9.98. The van der Waals surface area contributed by atoms with E-state index in [9.17, 15) is 22.8 Å². The van der Waals surface area contributed by atoms with Gasteiger partial charge in [-0.2, -0.15) is 13.2 Å². The van der Waals surface area contributed by atoms with Crippen LogP contribution in [-0.4, -0.2) is 29.2 Å². The topological polar surface area (TPSA) is 57.6 Å². The van der Waals surface area contributed by atoms with Crippen molar-refractivity contribution in [2.45, 2.75) is 39.9 Å². The number of hydrogen-bond acceptors (Lipinski definition) is 2. The summed E-state index contributed by atoms with van der Waals surface area (Å²) in [6.07, 6.45) is -5.03. The number of carbonyl (C=O) groups excluding carboxylic acids is 1. The van der Waals surface area contributed by atoms with Gasteiger partial charge in [0.05, 0.1) is 5.56 Å². The van der Waals surface area contributed by atoms with Gasteiger partial charge in [0.1, 0.15) is 0 Å². The molecule has 1 N–H and O–H groups in total. The fourth-order valence-corrected chi connectivity index (χ4v) is 2.06. The summed E-state index contributed by atoms with van der Waals surface area (Å²) in [5.41, 5.74) is -0.0445. The molecule has 7 heteroatoms. The van der Waals surface area contributed by atoms with E-state index in [1.165, 1.54) is 32.0 Å². The number of halogens is 3. The van der Waals surface area contributed by atoms with Crippen molar-refractivity contribution in [3.05, 3.63) is 29.3 Å². The molecular weight excluding hydrogens is 299 g/mol. The SMILES string of the molecule is Cc1c(C(=O)O)cccc1N(C(=O)C(F)(F)F)C(C)C(C)C. The second kappa shape index (κ2) is 6.37. The monoisotopic (exact) mass is 317 g/mol. The highest BCUT2D eigenvalue weighted by molar-refractivity contribution is 6.00. The molecule has 22 heavy (non-hydrogen) atoms. The average Bonchev–Trinajstić information content (AvgIpc) is 2.38. The molecule has 1 aromatic carbocycles. The highest BCUT2D eigenvalue weighted by Gasteiger charge is 2.45. The van der Waals surface area contributed by atoms with Crippen LogP contribution in [0, 0.1) is 12.8 Å². The predicted molar refractivity (Wildman–Crippen MR) is 76.0 cm³/mol. The molecule has 0 bridgehead atoms. The van der Waals surface area contributed by atoms with Gasteiger partial charge < -0.3 is 10.0 Å². The van der Waals surface area contributed by atoms with Crippen molar-refractivity contribution >= 4 is 17.6 Å². The molecule has 0 heterocycles. The number of carbonyl (C=O) groups is 2. The van der Waals surface area contributed by atoms with Gasteiger partial charge in [0.25, 0.3) is 0 Å². The van der Waals surface area contributed by atoms with E-state index in [1.807, 2.05) is 0 Å². The first kappa shape index (κ1) is 18.0. The second-order valence-corrected chi connectivity index (χ2v) is 5.41. The number of benzene rings is 1. The summed E-state index contributed by atoms with van der Waals surface area (Å²) >= 11 is 0. The van der Waals surface area contributed by atoms with Crippen LogP contribution in [0.2, 0.25) is 0 Å². The Hall–Kier alpha value is -2.05. The van der Waals surface area contributed by atoms with E-state index in [-0.39, 0.29) is 22.7 Å². The molecular formula is C15H18F3NO3. The lowest BCUT2D eigenvalue weighted by atomic mass is 10.00. The van der Waals surface area contributed by atoms with Crippen LogP contribution in [0.15, 0.2) is 18.2 Å². The molecule has 0 saturated carbocycles. The van der Waals surface area contributed by atoms with E-state index in [0.717, 1.165) is 0 Å². The molecule has 1 unspecified atom stereocenters. The maximum atomic E-state index is 12.9. The normalized spacial score (nSPS) is 13.1. The number of amides is 1. The largest absolute Gasteiger partial charge is 0.478 e. The number of hydrogen-bond donors (Lipinski definition) is 1. The van der Waals surface area contributed by atoms with Crippen LogP contribution in [0.1, 0.15) is 36.7 Å². The number of carboxylic acids is 1. The Bertz CT molecular complexity index is 582. The van der Waals surface area contributed by atoms with E-state index < -0.39 is 24.1 Å². The van der Waals surface area contributed by atoms with E-state index in [4.69, 9.17) is 5.11 Å². The van der Waals surface area contributed by atoms with Gasteiger partial charge in [-0.05, 0) is 37.5 Å². The molecule has 0 aromatic heterocycles. The van der Waals surface area contributed by atoms with Crippen LogP contribution < -0.4 is 4.90 Å². The van der Waals surface area contributed by atoms with Crippen LogP contribution in [0.4, 0.5) is 18.9 Å². The summed E-state index contributed by atoms with van der Waals surface area (Å²) in [4.78, 5) is 23.6. The first-order valence-electron chi connectivity index (χ1n) is 6.71. The Morgan fingerprint density at radius 1 is 1.18 bits per heavy atom. The Morgan fingerprint density at radius 2 is 1.73 bits per heavy atom. The Kier molecular flexibility index (Phi) is 5.22. The molecule has 0 aliphatic rings. The zero-order valence-corrected chi connectivity index (χ0v) is 12.7. The molecule has 1 amide bonds. The number of rotatable bonds is 4. The van der Waals surface area contributed by atoms with Gasteiger partial charge in [0.2, 0.25) is 0 Å². The maximum Gasteiger partial charge on any atom is 0.471 e. The smallest absolute Gasteiger partial charge is 0.471 e. The summed E-state index contributed by atoms with van der Waals surface area (Å²) in [7, 11) is 0. The zero-order valence-electron chi connectivity index (χ0n) is 12.7. The fourth-order valence-electron chi connectivity index (χ4n) is 2.06. The average molecular weight is 317 g/mol. The summed E-state index contributed by atoms with van der Waals surface area (Å²) < 4.78 is 38.7. The van der Waals surface area contributed by atoms with Crippen molar-refractivity contribution in [3.8, 4) is 0 Å². The van der Waals surface area contributed by atoms with Crippen LogP contribution in [0.25, 0.3) is 0 Å². The van der Waals surface area contributed by atoms with Crippen molar-refractivity contribution in [1.29, 1.82) is 0 Å². The molecule has 1 aromatic rings. The van der Waals surface area contributed by atoms with Gasteiger partial charge in [-0.1, -0.05) is 19.9 Å². The minimum Gasteiger partial charge on any atom is -0.478 e. The van der Waals surface area contributed by atoms with Gasteiger partial charge in [0.15, 0.2) is 0 Å². The second-order valence-electron chi connectivity index (χ2n) is 5.41. The predicted octanol–water partition coefficient (Wildman–Crippen LogP) is 3.63. The molecule has 1 rings (SSSR count). The zero-order chi connectivity index (χ0) is 17.2. The number of aromatic carboxylic acids is 1.